The second kappa shape index (κ2) is 6.75. The van der Waals surface area contributed by atoms with E-state index in [-0.39, 0.29) is 6.04 Å². The standard InChI is InChI=1S/C14H24N2O3/c1-6-14(2,19-5)13(16-15)12-10(17-3)8-7-9-11(12)18-4/h7-9,13,16H,6,15H2,1-5H3. The zero-order valence-electron chi connectivity index (χ0n) is 12.3. The van der Waals surface area contributed by atoms with Crippen molar-refractivity contribution in [2.24, 2.45) is 5.84 Å². The van der Waals surface area contributed by atoms with Crippen molar-refractivity contribution < 1.29 is 14.2 Å². The summed E-state index contributed by atoms with van der Waals surface area (Å²) in [7, 11) is 4.93. The average molecular weight is 268 g/mol. The van der Waals surface area contributed by atoms with Gasteiger partial charge in [-0.2, -0.15) is 0 Å². The van der Waals surface area contributed by atoms with Crippen molar-refractivity contribution in [3.05, 3.63) is 23.8 Å². The number of hydrogen-bond donors (Lipinski definition) is 2. The summed E-state index contributed by atoms with van der Waals surface area (Å²) >= 11 is 0. The van der Waals surface area contributed by atoms with Gasteiger partial charge in [0.2, 0.25) is 0 Å². The fourth-order valence-electron chi connectivity index (χ4n) is 2.20. The van der Waals surface area contributed by atoms with Crippen LogP contribution in [0.5, 0.6) is 11.5 Å². The van der Waals surface area contributed by atoms with Crippen molar-refractivity contribution in [2.45, 2.75) is 31.9 Å². The van der Waals surface area contributed by atoms with E-state index in [0.29, 0.717) is 0 Å². The summed E-state index contributed by atoms with van der Waals surface area (Å²) in [6.45, 7) is 4.05. The van der Waals surface area contributed by atoms with E-state index in [2.05, 4.69) is 12.3 Å². The molecule has 0 spiro atoms. The monoisotopic (exact) mass is 268 g/mol. The average Bonchev–Trinajstić information content (AvgIpc) is 2.47. The molecule has 19 heavy (non-hydrogen) atoms. The number of nitrogens with two attached hydrogens (primary N) is 1. The van der Waals surface area contributed by atoms with Crippen LogP contribution in [0, 0.1) is 0 Å². The molecule has 1 aromatic carbocycles. The van der Waals surface area contributed by atoms with Crippen molar-refractivity contribution in [3.63, 3.8) is 0 Å². The number of methoxy groups -OCH3 is 3. The van der Waals surface area contributed by atoms with Crippen molar-refractivity contribution in [2.75, 3.05) is 21.3 Å². The summed E-state index contributed by atoms with van der Waals surface area (Å²) in [6.07, 6.45) is 0.791. The number of hydrazine groups is 1. The van der Waals surface area contributed by atoms with E-state index in [1.807, 2.05) is 25.1 Å². The Labute approximate surface area is 115 Å². The third-order valence-electron chi connectivity index (χ3n) is 3.70. The number of hydrogen-bond acceptors (Lipinski definition) is 5. The van der Waals surface area contributed by atoms with Crippen LogP contribution in [0.4, 0.5) is 0 Å². The van der Waals surface area contributed by atoms with E-state index < -0.39 is 5.60 Å². The molecular formula is C14H24N2O3. The molecule has 0 saturated heterocycles. The first-order valence-corrected chi connectivity index (χ1v) is 6.30. The zero-order chi connectivity index (χ0) is 14.5. The zero-order valence-corrected chi connectivity index (χ0v) is 12.3. The van der Waals surface area contributed by atoms with E-state index in [4.69, 9.17) is 20.1 Å². The number of ether oxygens (including phenoxy) is 3. The highest BCUT2D eigenvalue weighted by molar-refractivity contribution is 5.48. The Hall–Kier alpha value is -1.30. The van der Waals surface area contributed by atoms with Gasteiger partial charge in [0.15, 0.2) is 0 Å². The van der Waals surface area contributed by atoms with Gasteiger partial charge in [-0.1, -0.05) is 13.0 Å². The number of rotatable bonds is 7. The highest BCUT2D eigenvalue weighted by Crippen LogP contribution is 2.41. The molecule has 0 aliphatic rings. The number of benzene rings is 1. The summed E-state index contributed by atoms with van der Waals surface area (Å²) in [4.78, 5) is 0. The van der Waals surface area contributed by atoms with Crippen LogP contribution < -0.4 is 20.7 Å². The van der Waals surface area contributed by atoms with Gasteiger partial charge in [-0.15, -0.1) is 0 Å². The highest BCUT2D eigenvalue weighted by atomic mass is 16.5. The molecule has 0 amide bonds. The summed E-state index contributed by atoms with van der Waals surface area (Å²) in [5.41, 5.74) is 3.23. The third kappa shape index (κ3) is 3.00. The van der Waals surface area contributed by atoms with Crippen LogP contribution in [0.25, 0.3) is 0 Å². The van der Waals surface area contributed by atoms with E-state index in [1.54, 1.807) is 21.3 Å². The molecule has 0 aromatic heterocycles. The molecule has 5 heteroatoms. The first-order valence-electron chi connectivity index (χ1n) is 6.30. The Morgan fingerprint density at radius 3 is 2.05 bits per heavy atom. The van der Waals surface area contributed by atoms with Crippen LogP contribution in [0.2, 0.25) is 0 Å². The van der Waals surface area contributed by atoms with Crippen LogP contribution in [-0.2, 0) is 4.74 Å². The lowest BCUT2D eigenvalue weighted by atomic mass is 9.87. The second-order valence-electron chi connectivity index (χ2n) is 4.55. The molecule has 5 nitrogen and oxygen atoms in total. The topological polar surface area (TPSA) is 65.7 Å². The maximum atomic E-state index is 5.75. The maximum absolute atomic E-state index is 5.75. The highest BCUT2D eigenvalue weighted by Gasteiger charge is 2.36. The Morgan fingerprint density at radius 2 is 1.74 bits per heavy atom. The van der Waals surface area contributed by atoms with Crippen molar-refractivity contribution in [1.82, 2.24) is 5.43 Å². The van der Waals surface area contributed by atoms with E-state index in [0.717, 1.165) is 23.5 Å². The summed E-state index contributed by atoms with van der Waals surface area (Å²) in [5, 5.41) is 0. The molecule has 0 aliphatic carbocycles. The molecular weight excluding hydrogens is 244 g/mol. The van der Waals surface area contributed by atoms with Gasteiger partial charge in [-0.25, -0.2) is 5.43 Å². The van der Waals surface area contributed by atoms with Crippen LogP contribution in [0.15, 0.2) is 18.2 Å². The summed E-state index contributed by atoms with van der Waals surface area (Å²) in [5.74, 6) is 7.19. The maximum Gasteiger partial charge on any atom is 0.127 e. The van der Waals surface area contributed by atoms with Crippen LogP contribution in [0.1, 0.15) is 31.9 Å². The lowest BCUT2D eigenvalue weighted by Crippen LogP contribution is -2.46. The molecule has 0 fully saturated rings. The van der Waals surface area contributed by atoms with Gasteiger partial charge >= 0.3 is 0 Å². The summed E-state index contributed by atoms with van der Waals surface area (Å²) in [6, 6.07) is 5.40. The van der Waals surface area contributed by atoms with Gasteiger partial charge in [-0.3, -0.25) is 5.84 Å². The van der Waals surface area contributed by atoms with Crippen molar-refractivity contribution in [3.8, 4) is 11.5 Å². The normalized spacial score (nSPS) is 15.7. The van der Waals surface area contributed by atoms with Gasteiger partial charge in [0.1, 0.15) is 11.5 Å². The largest absolute Gasteiger partial charge is 0.496 e. The van der Waals surface area contributed by atoms with Crippen molar-refractivity contribution >= 4 is 0 Å². The smallest absolute Gasteiger partial charge is 0.127 e. The Balaban J connectivity index is 3.39. The lowest BCUT2D eigenvalue weighted by molar-refractivity contribution is -0.0311. The molecule has 0 heterocycles. The molecule has 108 valence electrons. The fourth-order valence-corrected chi connectivity index (χ4v) is 2.20. The number of nitrogens with one attached hydrogen (secondary N) is 1. The fraction of sp³-hybridized carbons (Fsp3) is 0.571. The minimum absolute atomic E-state index is 0.242. The molecule has 2 unspecified atom stereocenters. The third-order valence-corrected chi connectivity index (χ3v) is 3.70. The van der Waals surface area contributed by atoms with Crippen molar-refractivity contribution in [1.29, 1.82) is 0 Å². The minimum atomic E-state index is -0.462. The minimum Gasteiger partial charge on any atom is -0.496 e. The van der Waals surface area contributed by atoms with Crippen LogP contribution >= 0.6 is 0 Å². The Bertz CT molecular complexity index is 383. The molecule has 0 saturated carbocycles. The van der Waals surface area contributed by atoms with Crippen LogP contribution in [0.3, 0.4) is 0 Å². The SMILES string of the molecule is CCC(C)(OC)C(NN)c1c(OC)cccc1OC. The molecule has 0 aliphatic heterocycles. The molecule has 3 N–H and O–H groups in total. The molecule has 0 radical (unpaired) electrons. The van der Waals surface area contributed by atoms with Gasteiger partial charge in [0, 0.05) is 7.11 Å². The first kappa shape index (κ1) is 15.8. The Kier molecular flexibility index (Phi) is 5.60. The molecule has 0 bridgehead atoms. The predicted octanol–water partition coefficient (Wildman–Crippen LogP) is 2.02. The van der Waals surface area contributed by atoms with Gasteiger partial charge in [0.25, 0.3) is 0 Å². The van der Waals surface area contributed by atoms with Crippen LogP contribution in [-0.4, -0.2) is 26.9 Å². The molecule has 2 atom stereocenters. The second-order valence-corrected chi connectivity index (χ2v) is 4.55. The summed E-state index contributed by atoms with van der Waals surface area (Å²) < 4.78 is 16.5. The molecule has 1 rings (SSSR count). The predicted molar refractivity (Wildman–Crippen MR) is 75.3 cm³/mol. The molecule has 1 aromatic rings. The van der Waals surface area contributed by atoms with E-state index >= 15 is 0 Å². The first-order chi connectivity index (χ1) is 9.07. The Morgan fingerprint density at radius 1 is 1.21 bits per heavy atom. The van der Waals surface area contributed by atoms with Gasteiger partial charge < -0.3 is 14.2 Å². The lowest BCUT2D eigenvalue weighted by Gasteiger charge is -2.36. The van der Waals surface area contributed by atoms with Gasteiger partial charge in [-0.05, 0) is 25.5 Å². The van der Waals surface area contributed by atoms with E-state index in [9.17, 15) is 0 Å². The van der Waals surface area contributed by atoms with Gasteiger partial charge in [0.05, 0.1) is 31.4 Å². The van der Waals surface area contributed by atoms with E-state index in [1.165, 1.54) is 0 Å². The quantitative estimate of drug-likeness (QED) is 0.585.